The van der Waals surface area contributed by atoms with Gasteiger partial charge in [-0.1, -0.05) is 25.7 Å². The predicted octanol–water partition coefficient (Wildman–Crippen LogP) is 4.13. The topological polar surface area (TPSA) is 49.3 Å². The van der Waals surface area contributed by atoms with Crippen molar-refractivity contribution in [2.45, 2.75) is 31.1 Å². The lowest BCUT2D eigenvalue weighted by atomic mass is 9.77. The Morgan fingerprint density at radius 2 is 1.79 bits per heavy atom. The average Bonchev–Trinajstić information content (AvgIpc) is 2.52. The van der Waals surface area contributed by atoms with Crippen LogP contribution in [0, 0.1) is 11.8 Å². The van der Waals surface area contributed by atoms with Gasteiger partial charge in [0, 0.05) is 16.8 Å². The highest BCUT2D eigenvalue weighted by Gasteiger charge is 2.31. The third kappa shape index (κ3) is 3.42. The first kappa shape index (κ1) is 16.5. The standard InChI is InChI=1S/C20H19NO2S/c1-20(2)12-18(24)21-17-10-7-14(11-16(17)20)4-3-13-5-8-15(9-6-13)19(22)23/h5-11,18,21,24H,12H2,1-2H3,(H,22,23). The van der Waals surface area contributed by atoms with Gasteiger partial charge in [-0.05, 0) is 59.9 Å². The molecule has 2 aromatic rings. The molecule has 0 spiro atoms. The van der Waals surface area contributed by atoms with Crippen molar-refractivity contribution >= 4 is 24.3 Å². The van der Waals surface area contributed by atoms with Crippen molar-refractivity contribution in [3.63, 3.8) is 0 Å². The van der Waals surface area contributed by atoms with Crippen LogP contribution in [0.25, 0.3) is 0 Å². The van der Waals surface area contributed by atoms with Crippen LogP contribution in [0.2, 0.25) is 0 Å². The Hall–Kier alpha value is -2.38. The fraction of sp³-hybridized carbons (Fsp3) is 0.250. The van der Waals surface area contributed by atoms with E-state index in [9.17, 15) is 4.79 Å². The van der Waals surface area contributed by atoms with Crippen molar-refractivity contribution in [3.05, 3.63) is 64.7 Å². The first-order chi connectivity index (χ1) is 11.3. The molecule has 1 unspecified atom stereocenters. The molecule has 0 radical (unpaired) electrons. The maximum Gasteiger partial charge on any atom is 0.335 e. The first-order valence-electron chi connectivity index (χ1n) is 7.80. The summed E-state index contributed by atoms with van der Waals surface area (Å²) in [5, 5.41) is 12.5. The minimum atomic E-state index is -0.929. The number of anilines is 1. The van der Waals surface area contributed by atoms with Gasteiger partial charge < -0.3 is 10.4 Å². The van der Waals surface area contributed by atoms with Crippen LogP contribution in [-0.4, -0.2) is 16.4 Å². The lowest BCUT2D eigenvalue weighted by Crippen LogP contribution is -2.33. The summed E-state index contributed by atoms with van der Waals surface area (Å²) >= 11 is 4.56. The maximum absolute atomic E-state index is 10.9. The number of fused-ring (bicyclic) bond motifs is 1. The number of hydrogen-bond acceptors (Lipinski definition) is 3. The third-order valence-corrected chi connectivity index (χ3v) is 4.57. The van der Waals surface area contributed by atoms with Crippen LogP contribution in [0.15, 0.2) is 42.5 Å². The summed E-state index contributed by atoms with van der Waals surface area (Å²) in [7, 11) is 0. The number of carbonyl (C=O) groups is 1. The van der Waals surface area contributed by atoms with Gasteiger partial charge in [0.15, 0.2) is 0 Å². The van der Waals surface area contributed by atoms with E-state index in [1.807, 2.05) is 6.07 Å². The molecule has 24 heavy (non-hydrogen) atoms. The Morgan fingerprint density at radius 1 is 1.17 bits per heavy atom. The van der Waals surface area contributed by atoms with Crippen LogP contribution >= 0.6 is 12.6 Å². The number of aromatic carboxylic acids is 1. The molecule has 1 heterocycles. The molecular weight excluding hydrogens is 318 g/mol. The van der Waals surface area contributed by atoms with Gasteiger partial charge in [0.1, 0.15) is 0 Å². The molecule has 0 saturated carbocycles. The SMILES string of the molecule is CC1(C)CC(S)Nc2ccc(C#Cc3ccc(C(=O)O)cc3)cc21. The van der Waals surface area contributed by atoms with Crippen molar-refractivity contribution in [3.8, 4) is 11.8 Å². The van der Waals surface area contributed by atoms with E-state index in [4.69, 9.17) is 5.11 Å². The number of thiol groups is 1. The van der Waals surface area contributed by atoms with Crippen molar-refractivity contribution in [1.29, 1.82) is 0 Å². The Bertz CT molecular complexity index is 844. The zero-order valence-corrected chi connectivity index (χ0v) is 14.5. The van der Waals surface area contributed by atoms with Crippen LogP contribution < -0.4 is 5.32 Å². The Labute approximate surface area is 147 Å². The molecule has 0 aliphatic carbocycles. The van der Waals surface area contributed by atoms with Crippen LogP contribution in [0.5, 0.6) is 0 Å². The van der Waals surface area contributed by atoms with Gasteiger partial charge in [-0.3, -0.25) is 0 Å². The maximum atomic E-state index is 10.9. The fourth-order valence-corrected chi connectivity index (χ4v) is 3.57. The molecule has 3 rings (SSSR count). The van der Waals surface area contributed by atoms with E-state index < -0.39 is 5.97 Å². The molecule has 1 atom stereocenters. The highest BCUT2D eigenvalue weighted by molar-refractivity contribution is 7.81. The molecule has 122 valence electrons. The zero-order chi connectivity index (χ0) is 17.3. The van der Waals surface area contributed by atoms with E-state index in [1.54, 1.807) is 24.3 Å². The molecule has 2 N–H and O–H groups in total. The van der Waals surface area contributed by atoms with Gasteiger partial charge in [-0.25, -0.2) is 4.79 Å². The predicted molar refractivity (Wildman–Crippen MR) is 99.9 cm³/mol. The molecular formula is C20H19NO2S. The summed E-state index contributed by atoms with van der Waals surface area (Å²) in [6.07, 6.45) is 0.955. The van der Waals surface area contributed by atoms with Crippen LogP contribution in [0.3, 0.4) is 0 Å². The second-order valence-electron chi connectivity index (χ2n) is 6.64. The van der Waals surface area contributed by atoms with Crippen molar-refractivity contribution in [2.75, 3.05) is 5.32 Å². The highest BCUT2D eigenvalue weighted by Crippen LogP contribution is 2.40. The molecule has 0 bridgehead atoms. The fourth-order valence-electron chi connectivity index (χ4n) is 2.97. The van der Waals surface area contributed by atoms with E-state index in [-0.39, 0.29) is 16.4 Å². The van der Waals surface area contributed by atoms with Gasteiger partial charge in [-0.15, -0.1) is 0 Å². The zero-order valence-electron chi connectivity index (χ0n) is 13.6. The number of carboxylic acids is 1. The third-order valence-electron chi connectivity index (χ3n) is 4.26. The largest absolute Gasteiger partial charge is 0.478 e. The summed E-state index contributed by atoms with van der Waals surface area (Å²) in [6.45, 7) is 4.44. The van der Waals surface area contributed by atoms with Crippen LogP contribution in [0.4, 0.5) is 5.69 Å². The molecule has 0 saturated heterocycles. The minimum Gasteiger partial charge on any atom is -0.478 e. The number of nitrogens with one attached hydrogen (secondary N) is 1. The van der Waals surface area contributed by atoms with Crippen LogP contribution in [-0.2, 0) is 5.41 Å². The lowest BCUT2D eigenvalue weighted by Gasteiger charge is -2.36. The van der Waals surface area contributed by atoms with Gasteiger partial charge in [0.05, 0.1) is 10.9 Å². The van der Waals surface area contributed by atoms with Crippen molar-refractivity contribution in [1.82, 2.24) is 0 Å². The number of benzene rings is 2. The molecule has 0 fully saturated rings. The number of rotatable bonds is 1. The summed E-state index contributed by atoms with van der Waals surface area (Å²) in [6, 6.07) is 12.8. The van der Waals surface area contributed by atoms with Crippen molar-refractivity contribution in [2.24, 2.45) is 0 Å². The Balaban J connectivity index is 1.89. The summed E-state index contributed by atoms with van der Waals surface area (Å²) in [4.78, 5) is 10.9. The Morgan fingerprint density at radius 3 is 2.46 bits per heavy atom. The van der Waals surface area contributed by atoms with Crippen molar-refractivity contribution < 1.29 is 9.90 Å². The normalized spacial score (nSPS) is 17.9. The van der Waals surface area contributed by atoms with Gasteiger partial charge in [0.2, 0.25) is 0 Å². The second kappa shape index (κ2) is 6.26. The minimum absolute atomic E-state index is 0.0494. The monoisotopic (exact) mass is 337 g/mol. The molecule has 2 aromatic carbocycles. The van der Waals surface area contributed by atoms with Crippen LogP contribution in [0.1, 0.15) is 47.3 Å². The second-order valence-corrected chi connectivity index (χ2v) is 7.26. The van der Waals surface area contributed by atoms with E-state index in [1.165, 1.54) is 5.56 Å². The lowest BCUT2D eigenvalue weighted by molar-refractivity contribution is 0.0697. The van der Waals surface area contributed by atoms with Gasteiger partial charge in [0.25, 0.3) is 0 Å². The Kier molecular flexibility index (Phi) is 4.29. The van der Waals surface area contributed by atoms with E-state index in [0.717, 1.165) is 23.2 Å². The van der Waals surface area contributed by atoms with E-state index in [0.29, 0.717) is 0 Å². The molecule has 1 aliphatic heterocycles. The molecule has 1 aliphatic rings. The van der Waals surface area contributed by atoms with Gasteiger partial charge in [-0.2, -0.15) is 12.6 Å². The summed E-state index contributed by atoms with van der Waals surface area (Å²) in [5.41, 5.74) is 4.43. The summed E-state index contributed by atoms with van der Waals surface area (Å²) < 4.78 is 0. The average molecular weight is 337 g/mol. The number of carboxylic acid groups (broad SMARTS) is 1. The summed E-state index contributed by atoms with van der Waals surface area (Å²) in [5.74, 6) is 5.33. The molecule has 4 heteroatoms. The molecule has 0 amide bonds. The van der Waals surface area contributed by atoms with E-state index >= 15 is 0 Å². The number of hydrogen-bond donors (Lipinski definition) is 3. The quantitative estimate of drug-likeness (QED) is 0.542. The highest BCUT2D eigenvalue weighted by atomic mass is 32.1. The molecule has 0 aromatic heterocycles. The van der Waals surface area contributed by atoms with Gasteiger partial charge >= 0.3 is 5.97 Å². The first-order valence-corrected chi connectivity index (χ1v) is 8.31. The molecule has 3 nitrogen and oxygen atoms in total. The smallest absolute Gasteiger partial charge is 0.335 e. The van der Waals surface area contributed by atoms with E-state index in [2.05, 4.69) is 55.8 Å².